The Hall–Kier alpha value is -2.20. The van der Waals surface area contributed by atoms with Gasteiger partial charge in [-0.1, -0.05) is 27.8 Å². The fraction of sp³-hybridized carbons (Fsp3) is 0.391. The van der Waals surface area contributed by atoms with Crippen LogP contribution < -0.4 is 14.2 Å². The number of methoxy groups -OCH3 is 4. The van der Waals surface area contributed by atoms with Gasteiger partial charge in [-0.2, -0.15) is 0 Å². The first-order chi connectivity index (χ1) is 14.1. The second-order valence-corrected chi connectivity index (χ2v) is 7.59. The van der Waals surface area contributed by atoms with Gasteiger partial charge in [0.15, 0.2) is 11.5 Å². The van der Waals surface area contributed by atoms with Gasteiger partial charge in [-0.25, -0.2) is 0 Å². The minimum atomic E-state index is -0.0631. The van der Waals surface area contributed by atoms with E-state index in [1.807, 2.05) is 18.2 Å². The van der Waals surface area contributed by atoms with Crippen LogP contribution >= 0.6 is 15.9 Å². The normalized spacial score (nSPS) is 15.8. The van der Waals surface area contributed by atoms with Gasteiger partial charge in [0.2, 0.25) is 0 Å². The minimum absolute atomic E-state index is 0.0631. The molecule has 29 heavy (non-hydrogen) atoms. The average molecular weight is 460 g/mol. The lowest BCUT2D eigenvalue weighted by atomic mass is 9.91. The predicted molar refractivity (Wildman–Crippen MR) is 117 cm³/mol. The van der Waals surface area contributed by atoms with Crippen molar-refractivity contribution < 1.29 is 18.9 Å². The Kier molecular flexibility index (Phi) is 7.43. The second kappa shape index (κ2) is 10.0. The Morgan fingerprint density at radius 3 is 2.48 bits per heavy atom. The molecule has 0 spiro atoms. The molecule has 1 atom stereocenters. The highest BCUT2D eigenvalue weighted by atomic mass is 79.9. The highest BCUT2D eigenvalue weighted by Gasteiger charge is 2.28. The van der Waals surface area contributed by atoms with Crippen molar-refractivity contribution in [1.82, 2.24) is 4.90 Å². The summed E-state index contributed by atoms with van der Waals surface area (Å²) in [6, 6.07) is 10.1. The number of hydrogen-bond donors (Lipinski definition) is 0. The molecule has 3 rings (SSSR count). The van der Waals surface area contributed by atoms with Gasteiger partial charge in [0.1, 0.15) is 12.4 Å². The number of nitrogens with zero attached hydrogens (tertiary/aromatic N) is 1. The lowest BCUT2D eigenvalue weighted by Crippen LogP contribution is -2.34. The summed E-state index contributed by atoms with van der Waals surface area (Å²) >= 11 is 3.67. The molecule has 2 aromatic rings. The quantitative estimate of drug-likeness (QED) is 0.604. The van der Waals surface area contributed by atoms with E-state index in [4.69, 9.17) is 18.9 Å². The van der Waals surface area contributed by atoms with E-state index in [-0.39, 0.29) is 6.04 Å². The van der Waals surface area contributed by atoms with Crippen molar-refractivity contribution in [2.24, 2.45) is 0 Å². The third-order valence-corrected chi connectivity index (χ3v) is 5.83. The van der Waals surface area contributed by atoms with Crippen molar-refractivity contribution in [2.45, 2.75) is 19.0 Å². The van der Waals surface area contributed by atoms with E-state index in [1.165, 1.54) is 5.56 Å². The summed E-state index contributed by atoms with van der Waals surface area (Å²) in [4.78, 5) is 2.37. The van der Waals surface area contributed by atoms with Crippen LogP contribution in [-0.4, -0.2) is 46.5 Å². The van der Waals surface area contributed by atoms with Gasteiger partial charge in [-0.15, -0.1) is 0 Å². The molecule has 0 radical (unpaired) electrons. The standard InChI is InChI=1S/C23H26BrNO4/c1-26-11-5-6-21-19-14-23(29-4)22(28-3)13-16(19)9-10-25(21)15-17-12-18(27-2)7-8-20(17)24/h7-8,12-14,21H,9-11,15H2,1-4H3. The lowest BCUT2D eigenvalue weighted by molar-refractivity contribution is 0.213. The molecule has 0 amide bonds. The summed E-state index contributed by atoms with van der Waals surface area (Å²) < 4.78 is 22.6. The van der Waals surface area contributed by atoms with Crippen LogP contribution in [0.2, 0.25) is 0 Å². The van der Waals surface area contributed by atoms with Crippen molar-refractivity contribution in [3.8, 4) is 29.1 Å². The summed E-state index contributed by atoms with van der Waals surface area (Å²) in [5.41, 5.74) is 3.55. The zero-order valence-electron chi connectivity index (χ0n) is 17.3. The van der Waals surface area contributed by atoms with Crippen molar-refractivity contribution in [3.63, 3.8) is 0 Å². The molecule has 0 saturated heterocycles. The molecule has 1 heterocycles. The van der Waals surface area contributed by atoms with Crippen LogP contribution in [0.1, 0.15) is 22.7 Å². The van der Waals surface area contributed by atoms with E-state index in [2.05, 4.69) is 44.8 Å². The number of rotatable bonds is 6. The van der Waals surface area contributed by atoms with Gasteiger partial charge in [-0.3, -0.25) is 4.90 Å². The zero-order chi connectivity index (χ0) is 20.8. The van der Waals surface area contributed by atoms with Gasteiger partial charge < -0.3 is 18.9 Å². The molecule has 0 N–H and O–H groups in total. The molecular weight excluding hydrogens is 434 g/mol. The Morgan fingerprint density at radius 1 is 1.03 bits per heavy atom. The average Bonchev–Trinajstić information content (AvgIpc) is 2.75. The number of hydrogen-bond acceptors (Lipinski definition) is 5. The minimum Gasteiger partial charge on any atom is -0.497 e. The monoisotopic (exact) mass is 459 g/mol. The lowest BCUT2D eigenvalue weighted by Gasteiger charge is -2.35. The van der Waals surface area contributed by atoms with E-state index in [1.54, 1.807) is 28.4 Å². The van der Waals surface area contributed by atoms with Crippen LogP contribution in [-0.2, 0) is 17.7 Å². The molecule has 1 aliphatic rings. The molecule has 0 aromatic heterocycles. The number of halogens is 1. The van der Waals surface area contributed by atoms with Crippen LogP contribution in [0.25, 0.3) is 0 Å². The van der Waals surface area contributed by atoms with E-state index in [0.717, 1.165) is 46.6 Å². The SMILES string of the molecule is COCC#CC1c2cc(OC)c(OC)cc2CCN1Cc1cc(OC)ccc1Br. The zero-order valence-corrected chi connectivity index (χ0v) is 18.8. The van der Waals surface area contributed by atoms with Crippen molar-refractivity contribution in [1.29, 1.82) is 0 Å². The molecule has 0 aliphatic carbocycles. The van der Waals surface area contributed by atoms with Crippen LogP contribution in [0.15, 0.2) is 34.8 Å². The molecule has 154 valence electrons. The highest BCUT2D eigenvalue weighted by molar-refractivity contribution is 9.10. The molecule has 0 saturated carbocycles. The molecule has 1 unspecified atom stereocenters. The number of fused-ring (bicyclic) bond motifs is 1. The van der Waals surface area contributed by atoms with Gasteiger partial charge in [0.25, 0.3) is 0 Å². The Balaban J connectivity index is 1.99. The second-order valence-electron chi connectivity index (χ2n) is 6.74. The molecule has 2 aromatic carbocycles. The molecule has 0 fully saturated rings. The molecule has 6 heteroatoms. The Labute approximate surface area is 181 Å². The topological polar surface area (TPSA) is 40.2 Å². The Morgan fingerprint density at radius 2 is 1.79 bits per heavy atom. The van der Waals surface area contributed by atoms with Crippen molar-refractivity contribution in [2.75, 3.05) is 41.6 Å². The first-order valence-corrected chi connectivity index (χ1v) is 10.2. The van der Waals surface area contributed by atoms with Gasteiger partial charge in [0.05, 0.1) is 27.4 Å². The maximum Gasteiger partial charge on any atom is 0.161 e. The molecular formula is C23H26BrNO4. The van der Waals surface area contributed by atoms with E-state index < -0.39 is 0 Å². The molecule has 5 nitrogen and oxygen atoms in total. The number of benzene rings is 2. The summed E-state index contributed by atoms with van der Waals surface area (Å²) in [5.74, 6) is 8.84. The Bertz CT molecular complexity index is 919. The van der Waals surface area contributed by atoms with Crippen LogP contribution in [0.5, 0.6) is 17.2 Å². The molecule has 0 bridgehead atoms. The summed E-state index contributed by atoms with van der Waals surface area (Å²) in [7, 11) is 6.66. The van der Waals surface area contributed by atoms with Crippen molar-refractivity contribution in [3.05, 3.63) is 51.5 Å². The number of ether oxygens (including phenoxy) is 4. The fourth-order valence-electron chi connectivity index (χ4n) is 3.57. The van der Waals surface area contributed by atoms with E-state index in [0.29, 0.717) is 12.4 Å². The highest BCUT2D eigenvalue weighted by Crippen LogP contribution is 2.39. The predicted octanol–water partition coefficient (Wildman–Crippen LogP) is 4.22. The smallest absolute Gasteiger partial charge is 0.161 e. The maximum atomic E-state index is 5.54. The largest absolute Gasteiger partial charge is 0.497 e. The maximum absolute atomic E-state index is 5.54. The third kappa shape index (κ3) is 4.87. The van der Waals surface area contributed by atoms with Crippen molar-refractivity contribution >= 4 is 15.9 Å². The third-order valence-electron chi connectivity index (χ3n) is 5.06. The first-order valence-electron chi connectivity index (χ1n) is 9.39. The summed E-state index contributed by atoms with van der Waals surface area (Å²) in [6.07, 6.45) is 0.916. The van der Waals surface area contributed by atoms with E-state index in [9.17, 15) is 0 Å². The first kappa shape index (κ1) is 21.5. The van der Waals surface area contributed by atoms with Crippen LogP contribution in [0.3, 0.4) is 0 Å². The van der Waals surface area contributed by atoms with Gasteiger partial charge in [0, 0.05) is 24.7 Å². The van der Waals surface area contributed by atoms with Crippen LogP contribution in [0, 0.1) is 11.8 Å². The van der Waals surface area contributed by atoms with Gasteiger partial charge >= 0.3 is 0 Å². The van der Waals surface area contributed by atoms with E-state index >= 15 is 0 Å². The fourth-order valence-corrected chi connectivity index (χ4v) is 3.94. The molecule has 1 aliphatic heterocycles. The van der Waals surface area contributed by atoms with Crippen LogP contribution in [0.4, 0.5) is 0 Å². The van der Waals surface area contributed by atoms with Gasteiger partial charge in [-0.05, 0) is 53.4 Å². The summed E-state index contributed by atoms with van der Waals surface area (Å²) in [5, 5.41) is 0. The summed E-state index contributed by atoms with van der Waals surface area (Å²) in [6.45, 7) is 2.03.